The highest BCUT2D eigenvalue weighted by Crippen LogP contribution is 2.42. The zero-order valence-corrected chi connectivity index (χ0v) is 21.8. The second-order valence-corrected chi connectivity index (χ2v) is 10.2. The summed E-state index contributed by atoms with van der Waals surface area (Å²) >= 11 is 1.31. The van der Waals surface area contributed by atoms with Gasteiger partial charge < -0.3 is 15.8 Å². The first-order valence-corrected chi connectivity index (χ1v) is 13.1. The van der Waals surface area contributed by atoms with E-state index in [-0.39, 0.29) is 5.91 Å². The Morgan fingerprint density at radius 1 is 0.895 bits per heavy atom. The largest absolute Gasteiger partial charge is 0.497 e. The molecule has 3 N–H and O–H groups in total. The number of pyridine rings is 1. The summed E-state index contributed by atoms with van der Waals surface area (Å²) in [4.78, 5) is 19.7. The van der Waals surface area contributed by atoms with E-state index in [1.165, 1.54) is 16.9 Å². The maximum atomic E-state index is 13.5. The van der Waals surface area contributed by atoms with Crippen LogP contribution in [0.5, 0.6) is 5.75 Å². The lowest BCUT2D eigenvalue weighted by molar-refractivity contribution is 0.103. The van der Waals surface area contributed by atoms with Crippen LogP contribution in [0.25, 0.3) is 43.4 Å². The first-order valence-electron chi connectivity index (χ1n) is 12.3. The smallest absolute Gasteiger partial charge is 0.267 e. The summed E-state index contributed by atoms with van der Waals surface area (Å²) in [6.45, 7) is 2.06. The molecule has 0 aliphatic heterocycles. The van der Waals surface area contributed by atoms with Gasteiger partial charge in [-0.2, -0.15) is 0 Å². The SMILES string of the molecule is COc1ccc(-c2cc(-c3ccc(C)cc3)nc3sc(C(=O)Nc4cccc5ccccc45)c(N)c23)cc1. The van der Waals surface area contributed by atoms with Gasteiger partial charge in [0.25, 0.3) is 5.91 Å². The number of amides is 1. The van der Waals surface area contributed by atoms with E-state index in [0.29, 0.717) is 10.6 Å². The molecule has 0 saturated carbocycles. The third-order valence-corrected chi connectivity index (χ3v) is 7.79. The third-order valence-electron chi connectivity index (χ3n) is 6.69. The number of carbonyl (C=O) groups excluding carboxylic acids is 1. The average Bonchev–Trinajstić information content (AvgIpc) is 3.29. The van der Waals surface area contributed by atoms with E-state index in [9.17, 15) is 4.79 Å². The number of nitrogens with zero attached hydrogens (tertiary/aromatic N) is 1. The quantitative estimate of drug-likeness (QED) is 0.244. The molecule has 0 bridgehead atoms. The van der Waals surface area contributed by atoms with Gasteiger partial charge in [-0.3, -0.25) is 4.79 Å². The van der Waals surface area contributed by atoms with Crippen molar-refractivity contribution in [2.45, 2.75) is 6.92 Å². The average molecular weight is 516 g/mol. The predicted octanol–water partition coefficient (Wildman–Crippen LogP) is 7.94. The third kappa shape index (κ3) is 4.25. The number of carbonyl (C=O) groups is 1. The van der Waals surface area contributed by atoms with E-state index in [4.69, 9.17) is 15.5 Å². The van der Waals surface area contributed by atoms with Gasteiger partial charge in [0, 0.05) is 22.0 Å². The Hall–Kier alpha value is -4.68. The van der Waals surface area contributed by atoms with Crippen molar-refractivity contribution < 1.29 is 9.53 Å². The number of aryl methyl sites for hydroxylation is 1. The van der Waals surface area contributed by atoms with Crippen LogP contribution >= 0.6 is 11.3 Å². The zero-order chi connectivity index (χ0) is 26.2. The Balaban J connectivity index is 1.49. The molecular weight excluding hydrogens is 490 g/mol. The minimum Gasteiger partial charge on any atom is -0.497 e. The molecule has 0 spiro atoms. The highest BCUT2D eigenvalue weighted by atomic mass is 32.1. The Bertz CT molecular complexity index is 1800. The summed E-state index contributed by atoms with van der Waals surface area (Å²) in [7, 11) is 1.65. The van der Waals surface area contributed by atoms with Crippen LogP contribution in [0.1, 0.15) is 15.2 Å². The fourth-order valence-electron chi connectivity index (χ4n) is 4.67. The molecule has 0 aliphatic rings. The molecule has 5 nitrogen and oxygen atoms in total. The first-order chi connectivity index (χ1) is 18.5. The fourth-order valence-corrected chi connectivity index (χ4v) is 5.69. The van der Waals surface area contributed by atoms with Crippen LogP contribution < -0.4 is 15.8 Å². The van der Waals surface area contributed by atoms with Gasteiger partial charge in [0.2, 0.25) is 0 Å². The zero-order valence-electron chi connectivity index (χ0n) is 21.0. The second kappa shape index (κ2) is 9.65. The van der Waals surface area contributed by atoms with E-state index in [1.54, 1.807) is 7.11 Å². The van der Waals surface area contributed by atoms with E-state index >= 15 is 0 Å². The van der Waals surface area contributed by atoms with Gasteiger partial charge in [-0.15, -0.1) is 11.3 Å². The van der Waals surface area contributed by atoms with Gasteiger partial charge in [0.1, 0.15) is 15.5 Å². The highest BCUT2D eigenvalue weighted by molar-refractivity contribution is 7.21. The number of nitrogens with one attached hydrogen (secondary N) is 1. The molecule has 6 aromatic rings. The number of anilines is 2. The number of fused-ring (bicyclic) bond motifs is 2. The molecule has 0 atom stereocenters. The number of rotatable bonds is 5. The highest BCUT2D eigenvalue weighted by Gasteiger charge is 2.22. The number of thiophene rings is 1. The first kappa shape index (κ1) is 23.7. The summed E-state index contributed by atoms with van der Waals surface area (Å²) in [6, 6.07) is 32.0. The van der Waals surface area contributed by atoms with Crippen molar-refractivity contribution in [1.29, 1.82) is 0 Å². The molecule has 2 heterocycles. The predicted molar refractivity (Wildman–Crippen MR) is 158 cm³/mol. The van der Waals surface area contributed by atoms with Crippen LogP contribution in [-0.2, 0) is 0 Å². The van der Waals surface area contributed by atoms with Crippen LogP contribution in [0.15, 0.2) is 97.1 Å². The van der Waals surface area contributed by atoms with Crippen molar-refractivity contribution in [2.24, 2.45) is 0 Å². The van der Waals surface area contributed by atoms with E-state index in [2.05, 4.69) is 36.5 Å². The summed E-state index contributed by atoms with van der Waals surface area (Å²) in [5, 5.41) is 5.88. The summed E-state index contributed by atoms with van der Waals surface area (Å²) in [5.41, 5.74) is 12.8. The number of nitrogens with two attached hydrogens (primary N) is 1. The molecule has 0 unspecified atom stereocenters. The molecule has 6 rings (SSSR count). The van der Waals surface area contributed by atoms with Gasteiger partial charge in [0.15, 0.2) is 0 Å². The minimum atomic E-state index is -0.251. The van der Waals surface area contributed by atoms with Gasteiger partial charge in [-0.1, -0.05) is 78.4 Å². The van der Waals surface area contributed by atoms with Crippen LogP contribution in [0.3, 0.4) is 0 Å². The molecular formula is C32H25N3O2S. The van der Waals surface area contributed by atoms with Crippen molar-refractivity contribution >= 4 is 49.6 Å². The molecule has 1 amide bonds. The number of hydrogen-bond donors (Lipinski definition) is 2. The van der Waals surface area contributed by atoms with Crippen LogP contribution in [0.2, 0.25) is 0 Å². The molecule has 6 heteroatoms. The summed E-state index contributed by atoms with van der Waals surface area (Å²) in [6.07, 6.45) is 0. The minimum absolute atomic E-state index is 0.251. The number of hydrogen-bond acceptors (Lipinski definition) is 5. The number of benzene rings is 4. The van der Waals surface area contributed by atoms with Crippen molar-refractivity contribution in [3.8, 4) is 28.1 Å². The molecule has 4 aromatic carbocycles. The molecule has 0 fully saturated rings. The Morgan fingerprint density at radius 2 is 1.61 bits per heavy atom. The van der Waals surface area contributed by atoms with Crippen molar-refractivity contribution in [2.75, 3.05) is 18.2 Å². The molecule has 0 saturated heterocycles. The molecule has 0 aliphatic carbocycles. The Kier molecular flexibility index (Phi) is 6.02. The van der Waals surface area contributed by atoms with Gasteiger partial charge in [-0.25, -0.2) is 4.98 Å². The topological polar surface area (TPSA) is 77.2 Å². The molecule has 0 radical (unpaired) electrons. The number of ether oxygens (including phenoxy) is 1. The molecule has 2 aromatic heterocycles. The van der Waals surface area contributed by atoms with Crippen LogP contribution in [-0.4, -0.2) is 18.0 Å². The van der Waals surface area contributed by atoms with Crippen LogP contribution in [0, 0.1) is 6.92 Å². The normalized spacial score (nSPS) is 11.1. The van der Waals surface area contributed by atoms with E-state index in [1.807, 2.05) is 72.8 Å². The maximum Gasteiger partial charge on any atom is 0.267 e. The number of nitrogen functional groups attached to an aromatic ring is 1. The van der Waals surface area contributed by atoms with Gasteiger partial charge in [-0.05, 0) is 47.7 Å². The van der Waals surface area contributed by atoms with Crippen LogP contribution in [0.4, 0.5) is 11.4 Å². The fraction of sp³-hybridized carbons (Fsp3) is 0.0625. The monoisotopic (exact) mass is 515 g/mol. The van der Waals surface area contributed by atoms with Gasteiger partial charge in [0.05, 0.1) is 18.5 Å². The summed E-state index contributed by atoms with van der Waals surface area (Å²) in [5.74, 6) is 0.519. The molecule has 38 heavy (non-hydrogen) atoms. The molecule has 186 valence electrons. The Labute approximate surface area is 224 Å². The standard InChI is InChI=1S/C32H25N3O2S/c1-19-10-12-22(13-11-19)27-18-25(21-14-16-23(37-2)17-15-21)28-29(33)30(38-32(28)35-27)31(36)34-26-9-5-7-20-6-3-4-8-24(20)26/h3-18H,33H2,1-2H3,(H,34,36). The lowest BCUT2D eigenvalue weighted by Gasteiger charge is -2.10. The maximum absolute atomic E-state index is 13.5. The Morgan fingerprint density at radius 3 is 2.37 bits per heavy atom. The lowest BCUT2D eigenvalue weighted by atomic mass is 9.99. The number of aromatic nitrogens is 1. The van der Waals surface area contributed by atoms with Crippen molar-refractivity contribution in [1.82, 2.24) is 4.98 Å². The number of methoxy groups -OCH3 is 1. The van der Waals surface area contributed by atoms with Crippen molar-refractivity contribution in [3.63, 3.8) is 0 Å². The van der Waals surface area contributed by atoms with E-state index < -0.39 is 0 Å². The van der Waals surface area contributed by atoms with Gasteiger partial charge >= 0.3 is 0 Å². The van der Waals surface area contributed by atoms with E-state index in [0.717, 1.165) is 54.8 Å². The second-order valence-electron chi connectivity index (χ2n) is 9.16. The lowest BCUT2D eigenvalue weighted by Crippen LogP contribution is -2.12. The van der Waals surface area contributed by atoms with Crippen molar-refractivity contribution in [3.05, 3.63) is 108 Å². The summed E-state index contributed by atoms with van der Waals surface area (Å²) < 4.78 is 5.36.